The first-order valence-corrected chi connectivity index (χ1v) is 15.5. The minimum atomic E-state index is -1.45. The fourth-order valence-electron chi connectivity index (χ4n) is 5.43. The molecule has 258 valence electrons. The number of nitrogens with zero attached hydrogens (tertiary/aromatic N) is 1. The van der Waals surface area contributed by atoms with E-state index in [9.17, 15) is 43.8 Å². The van der Waals surface area contributed by atoms with Gasteiger partial charge in [-0.25, -0.2) is 14.4 Å². The number of fused-ring (bicyclic) bond motifs is 1. The number of aliphatic hydroxyl groups is 1. The lowest BCUT2D eigenvalue weighted by Gasteiger charge is -2.29. The molecule has 17 nitrogen and oxygen atoms in total. The van der Waals surface area contributed by atoms with Crippen molar-refractivity contribution < 1.29 is 43.8 Å². The van der Waals surface area contributed by atoms with Gasteiger partial charge in [0.05, 0.1) is 12.1 Å². The summed E-state index contributed by atoms with van der Waals surface area (Å²) in [5, 5.41) is 35.9. The number of aliphatic hydroxyl groups excluding tert-OH is 1. The van der Waals surface area contributed by atoms with Crippen molar-refractivity contribution in [2.75, 3.05) is 13.1 Å². The Balaban J connectivity index is 1.91. The van der Waals surface area contributed by atoms with Crippen molar-refractivity contribution >= 4 is 41.7 Å². The van der Waals surface area contributed by atoms with Crippen LogP contribution in [0.2, 0.25) is 0 Å². The minimum absolute atomic E-state index is 0.00767. The second kappa shape index (κ2) is 16.7. The van der Waals surface area contributed by atoms with Crippen LogP contribution in [0, 0.1) is 5.92 Å². The van der Waals surface area contributed by atoms with Crippen LogP contribution in [0.4, 0.5) is 14.4 Å². The zero-order valence-electron chi connectivity index (χ0n) is 26.8. The molecular formula is C30H44N8O9. The Bertz CT molecular complexity index is 1340. The molecule has 2 aliphatic heterocycles. The summed E-state index contributed by atoms with van der Waals surface area (Å²) < 4.78 is 0. The standard InChI is InChI=1S/C30H44N8O9/c1-15(2)12-20-24(41)35-29(46)34-23(17(4)39)27(44)31-16(3)14-38-11-5-6-22(38)26(43)32-21(13-18-7-9-19(40)10-8-18)25(42)36-30(47)37-28(45)33-20/h7-10,15-17,20-23,39-40H,5-6,11-14H2,1-4H3,(H,31,44)(H,32,43)(H2,34,35,41,46)(H3,33,36,37,42,45,47)/t16-,17+,20-,21+,22-,23-/m0/s1. The van der Waals surface area contributed by atoms with E-state index in [4.69, 9.17) is 0 Å². The van der Waals surface area contributed by atoms with Crippen LogP contribution in [-0.4, -0.2) is 106 Å². The van der Waals surface area contributed by atoms with Crippen LogP contribution >= 0.6 is 0 Å². The number of imide groups is 3. The maximum absolute atomic E-state index is 13.5. The summed E-state index contributed by atoms with van der Waals surface area (Å²) in [5.41, 5.74) is 0.560. The Morgan fingerprint density at radius 2 is 1.38 bits per heavy atom. The molecule has 9 N–H and O–H groups in total. The number of carbonyl (C=O) groups is 7. The van der Waals surface area contributed by atoms with Crippen LogP contribution in [0.25, 0.3) is 0 Å². The van der Waals surface area contributed by atoms with E-state index in [2.05, 4.69) is 21.3 Å². The summed E-state index contributed by atoms with van der Waals surface area (Å²) in [5.74, 6) is -3.28. The lowest BCUT2D eigenvalue weighted by atomic mass is 10.0. The van der Waals surface area contributed by atoms with Gasteiger partial charge in [-0.2, -0.15) is 0 Å². The lowest BCUT2D eigenvalue weighted by molar-refractivity contribution is -0.131. The summed E-state index contributed by atoms with van der Waals surface area (Å²) in [6.45, 7) is 7.18. The molecule has 0 radical (unpaired) electrons. The van der Waals surface area contributed by atoms with Crippen LogP contribution in [0.1, 0.15) is 52.5 Å². The van der Waals surface area contributed by atoms with E-state index in [0.29, 0.717) is 24.9 Å². The molecule has 0 unspecified atom stereocenters. The maximum Gasteiger partial charge on any atom is 0.329 e. The molecule has 0 aromatic heterocycles. The third kappa shape index (κ3) is 11.2. The largest absolute Gasteiger partial charge is 0.508 e. The Kier molecular flexibility index (Phi) is 13.0. The van der Waals surface area contributed by atoms with Crippen molar-refractivity contribution in [3.05, 3.63) is 29.8 Å². The van der Waals surface area contributed by atoms with Gasteiger partial charge in [0.25, 0.3) is 11.8 Å². The fourth-order valence-corrected chi connectivity index (χ4v) is 5.43. The van der Waals surface area contributed by atoms with Gasteiger partial charge < -0.3 is 31.5 Å². The Morgan fingerprint density at radius 1 is 0.766 bits per heavy atom. The first-order valence-electron chi connectivity index (χ1n) is 15.5. The normalized spacial score (nSPS) is 26.8. The summed E-state index contributed by atoms with van der Waals surface area (Å²) in [6.07, 6.45) is -0.274. The van der Waals surface area contributed by atoms with E-state index in [1.165, 1.54) is 19.1 Å². The van der Waals surface area contributed by atoms with Crippen molar-refractivity contribution in [3.63, 3.8) is 0 Å². The summed E-state index contributed by atoms with van der Waals surface area (Å²) in [4.78, 5) is 92.6. The molecule has 0 saturated carbocycles. The molecule has 3 rings (SSSR count). The predicted octanol–water partition coefficient (Wildman–Crippen LogP) is -1.07. The zero-order chi connectivity index (χ0) is 34.8. The molecule has 0 aliphatic carbocycles. The van der Waals surface area contributed by atoms with Crippen LogP contribution in [-0.2, 0) is 25.6 Å². The number of urea groups is 3. The number of phenols is 1. The highest BCUT2D eigenvalue weighted by Gasteiger charge is 2.36. The van der Waals surface area contributed by atoms with Gasteiger partial charge >= 0.3 is 18.1 Å². The molecule has 6 atom stereocenters. The predicted molar refractivity (Wildman–Crippen MR) is 167 cm³/mol. The van der Waals surface area contributed by atoms with Crippen molar-refractivity contribution in [1.82, 2.24) is 42.1 Å². The summed E-state index contributed by atoms with van der Waals surface area (Å²) in [6, 6.07) is -2.84. The second-order valence-corrected chi connectivity index (χ2v) is 12.3. The number of hydrogen-bond acceptors (Lipinski definition) is 10. The van der Waals surface area contributed by atoms with Gasteiger partial charge in [0.15, 0.2) is 0 Å². The molecular weight excluding hydrogens is 616 g/mol. The molecule has 17 heteroatoms. The molecule has 2 fully saturated rings. The van der Waals surface area contributed by atoms with E-state index in [-0.39, 0.29) is 31.1 Å². The van der Waals surface area contributed by atoms with Crippen LogP contribution < -0.4 is 37.2 Å². The number of benzene rings is 1. The number of amides is 10. The minimum Gasteiger partial charge on any atom is -0.508 e. The molecule has 2 saturated heterocycles. The van der Waals surface area contributed by atoms with E-state index >= 15 is 0 Å². The van der Waals surface area contributed by atoms with E-state index in [1.807, 2.05) is 20.9 Å². The van der Waals surface area contributed by atoms with Gasteiger partial charge in [-0.1, -0.05) is 26.0 Å². The van der Waals surface area contributed by atoms with Gasteiger partial charge in [-0.05, 0) is 63.3 Å². The first-order chi connectivity index (χ1) is 22.1. The van der Waals surface area contributed by atoms with E-state index < -0.39 is 78.0 Å². The highest BCUT2D eigenvalue weighted by Crippen LogP contribution is 2.19. The lowest BCUT2D eigenvalue weighted by Crippen LogP contribution is -2.60. The maximum atomic E-state index is 13.5. The Hall–Kier alpha value is -4.77. The topological polar surface area (TPSA) is 247 Å². The first kappa shape index (κ1) is 36.7. The molecule has 47 heavy (non-hydrogen) atoms. The van der Waals surface area contributed by atoms with Gasteiger partial charge in [-0.3, -0.25) is 40.0 Å². The Labute approximate surface area is 272 Å². The molecule has 0 bridgehead atoms. The zero-order valence-corrected chi connectivity index (χ0v) is 26.8. The fraction of sp³-hybridized carbons (Fsp3) is 0.567. The third-order valence-corrected chi connectivity index (χ3v) is 7.65. The summed E-state index contributed by atoms with van der Waals surface area (Å²) in [7, 11) is 0. The molecule has 1 aromatic rings. The van der Waals surface area contributed by atoms with Crippen LogP contribution in [0.15, 0.2) is 24.3 Å². The molecule has 2 heterocycles. The van der Waals surface area contributed by atoms with Gasteiger partial charge in [0.2, 0.25) is 11.8 Å². The summed E-state index contributed by atoms with van der Waals surface area (Å²) >= 11 is 0. The average molecular weight is 661 g/mol. The molecule has 2 aliphatic rings. The van der Waals surface area contributed by atoms with Crippen molar-refractivity contribution in [1.29, 1.82) is 0 Å². The molecule has 1 aromatic carbocycles. The SMILES string of the molecule is CC(C)C[C@@H]1NC(=O)NC(=O)NC(=O)[C@@H](Cc2ccc(O)cc2)NC(=O)[C@@H]2CCCN2C[C@H](C)NC(=O)[C@H]([C@@H](C)O)NC(=O)NC1=O. The van der Waals surface area contributed by atoms with E-state index in [1.54, 1.807) is 32.9 Å². The van der Waals surface area contributed by atoms with Gasteiger partial charge in [0.1, 0.15) is 23.9 Å². The van der Waals surface area contributed by atoms with Crippen molar-refractivity contribution in [3.8, 4) is 5.75 Å². The van der Waals surface area contributed by atoms with Crippen LogP contribution in [0.3, 0.4) is 0 Å². The average Bonchev–Trinajstić information content (AvgIpc) is 3.43. The smallest absolute Gasteiger partial charge is 0.329 e. The third-order valence-electron chi connectivity index (χ3n) is 7.65. The van der Waals surface area contributed by atoms with Gasteiger partial charge in [0, 0.05) is 19.0 Å². The van der Waals surface area contributed by atoms with Crippen molar-refractivity contribution in [2.45, 2.75) is 89.7 Å². The quantitative estimate of drug-likeness (QED) is 0.185. The van der Waals surface area contributed by atoms with E-state index in [0.717, 1.165) is 0 Å². The molecule has 10 amide bonds. The number of nitrogens with one attached hydrogen (secondary N) is 7. The number of hydrogen-bond donors (Lipinski definition) is 9. The number of carbonyl (C=O) groups excluding carboxylic acids is 7. The monoisotopic (exact) mass is 660 g/mol. The Morgan fingerprint density at radius 3 is 2.02 bits per heavy atom. The number of rotatable bonds is 5. The number of phenolic OH excluding ortho intramolecular Hbond substituents is 1. The van der Waals surface area contributed by atoms with Crippen molar-refractivity contribution in [2.24, 2.45) is 5.92 Å². The highest BCUT2D eigenvalue weighted by atomic mass is 16.3. The highest BCUT2D eigenvalue weighted by molar-refractivity contribution is 6.05. The van der Waals surface area contributed by atoms with Gasteiger partial charge in [-0.15, -0.1) is 0 Å². The van der Waals surface area contributed by atoms with Crippen LogP contribution in [0.5, 0.6) is 5.75 Å². The second-order valence-electron chi connectivity index (χ2n) is 12.3. The molecule has 0 spiro atoms. The number of aromatic hydroxyl groups is 1.